The smallest absolute Gasteiger partial charge is 0.142 e. The molecular weight excluding hydrogens is 210 g/mol. The predicted molar refractivity (Wildman–Crippen MR) is 66.6 cm³/mol. The maximum absolute atomic E-state index is 8.74. The molecule has 0 spiro atoms. The Balaban J connectivity index is 2.26. The van der Waals surface area contributed by atoms with E-state index in [0.717, 1.165) is 16.9 Å². The summed E-state index contributed by atoms with van der Waals surface area (Å²) in [5.74, 6) is 2.57. The molecule has 0 fully saturated rings. The number of nitriles is 1. The first kappa shape index (κ1) is 10.7. The molecule has 80 valence electrons. The minimum absolute atomic E-state index is 0.378. The molecule has 0 saturated carbocycles. The SMILES string of the molecule is C#Cc1cccc(Nc2ccnc(C#N)c2)c1. The molecule has 1 N–H and O–H groups in total. The molecule has 3 nitrogen and oxygen atoms in total. The molecule has 0 bridgehead atoms. The van der Waals surface area contributed by atoms with E-state index in [9.17, 15) is 0 Å². The van der Waals surface area contributed by atoms with E-state index in [1.165, 1.54) is 0 Å². The molecule has 0 amide bonds. The van der Waals surface area contributed by atoms with Crippen LogP contribution in [0.25, 0.3) is 0 Å². The van der Waals surface area contributed by atoms with Crippen molar-refractivity contribution in [1.82, 2.24) is 4.98 Å². The topological polar surface area (TPSA) is 48.7 Å². The summed E-state index contributed by atoms with van der Waals surface area (Å²) in [5, 5.41) is 11.9. The van der Waals surface area contributed by atoms with Gasteiger partial charge in [-0.05, 0) is 30.3 Å². The number of pyridine rings is 1. The molecule has 0 radical (unpaired) electrons. The van der Waals surface area contributed by atoms with Gasteiger partial charge in [0, 0.05) is 23.1 Å². The van der Waals surface area contributed by atoms with E-state index in [1.54, 1.807) is 18.3 Å². The van der Waals surface area contributed by atoms with Crippen LogP contribution in [0.4, 0.5) is 11.4 Å². The van der Waals surface area contributed by atoms with Gasteiger partial charge in [-0.15, -0.1) is 6.42 Å². The van der Waals surface area contributed by atoms with E-state index in [0.29, 0.717) is 5.69 Å². The molecule has 2 rings (SSSR count). The molecule has 0 aliphatic carbocycles. The van der Waals surface area contributed by atoms with Crippen LogP contribution in [-0.4, -0.2) is 4.98 Å². The normalized spacial score (nSPS) is 9.06. The molecule has 1 aromatic heterocycles. The van der Waals surface area contributed by atoms with Crippen LogP contribution in [0.15, 0.2) is 42.6 Å². The van der Waals surface area contributed by atoms with Gasteiger partial charge in [-0.3, -0.25) is 0 Å². The third-order valence-electron chi connectivity index (χ3n) is 2.19. The highest BCUT2D eigenvalue weighted by atomic mass is 14.9. The fourth-order valence-electron chi connectivity index (χ4n) is 1.42. The maximum atomic E-state index is 8.74. The van der Waals surface area contributed by atoms with Crippen LogP contribution in [0.5, 0.6) is 0 Å². The van der Waals surface area contributed by atoms with Gasteiger partial charge in [0.05, 0.1) is 0 Å². The Labute approximate surface area is 99.7 Å². The first-order valence-corrected chi connectivity index (χ1v) is 5.01. The van der Waals surface area contributed by atoms with Crippen molar-refractivity contribution < 1.29 is 0 Å². The van der Waals surface area contributed by atoms with Crippen molar-refractivity contribution in [2.24, 2.45) is 0 Å². The van der Waals surface area contributed by atoms with E-state index >= 15 is 0 Å². The Morgan fingerprint density at radius 2 is 2.00 bits per heavy atom. The van der Waals surface area contributed by atoms with Gasteiger partial charge in [-0.2, -0.15) is 5.26 Å². The lowest BCUT2D eigenvalue weighted by atomic mass is 10.2. The number of hydrogen-bond acceptors (Lipinski definition) is 3. The van der Waals surface area contributed by atoms with Crippen LogP contribution in [-0.2, 0) is 0 Å². The second-order valence-electron chi connectivity index (χ2n) is 3.39. The van der Waals surface area contributed by atoms with E-state index in [2.05, 4.69) is 16.2 Å². The number of aromatic nitrogens is 1. The largest absolute Gasteiger partial charge is 0.355 e. The highest BCUT2D eigenvalue weighted by Gasteiger charge is 1.97. The van der Waals surface area contributed by atoms with E-state index < -0.39 is 0 Å². The second kappa shape index (κ2) is 4.83. The average molecular weight is 219 g/mol. The molecule has 2 aromatic rings. The number of hydrogen-bond donors (Lipinski definition) is 1. The Morgan fingerprint density at radius 3 is 2.76 bits per heavy atom. The quantitative estimate of drug-likeness (QED) is 0.790. The summed E-state index contributed by atoms with van der Waals surface area (Å²) in [6, 6.07) is 13.0. The Kier molecular flexibility index (Phi) is 3.05. The zero-order valence-corrected chi connectivity index (χ0v) is 9.01. The van der Waals surface area contributed by atoms with Gasteiger partial charge in [-0.25, -0.2) is 4.98 Å². The van der Waals surface area contributed by atoms with Gasteiger partial charge in [0.15, 0.2) is 0 Å². The molecule has 0 unspecified atom stereocenters. The molecule has 0 saturated heterocycles. The highest BCUT2D eigenvalue weighted by Crippen LogP contribution is 2.17. The maximum Gasteiger partial charge on any atom is 0.142 e. The van der Waals surface area contributed by atoms with Crippen molar-refractivity contribution in [3.63, 3.8) is 0 Å². The fraction of sp³-hybridized carbons (Fsp3) is 0. The number of nitrogens with one attached hydrogen (secondary N) is 1. The minimum Gasteiger partial charge on any atom is -0.355 e. The summed E-state index contributed by atoms with van der Waals surface area (Å²) in [6.45, 7) is 0. The van der Waals surface area contributed by atoms with Crippen LogP contribution in [0.2, 0.25) is 0 Å². The zero-order valence-electron chi connectivity index (χ0n) is 9.01. The first-order chi connectivity index (χ1) is 8.31. The molecule has 1 aromatic carbocycles. The van der Waals surface area contributed by atoms with Crippen molar-refractivity contribution in [2.45, 2.75) is 0 Å². The Morgan fingerprint density at radius 1 is 1.18 bits per heavy atom. The summed E-state index contributed by atoms with van der Waals surface area (Å²) in [4.78, 5) is 3.90. The number of terminal acetylenes is 1. The number of rotatable bonds is 2. The third kappa shape index (κ3) is 2.62. The molecular formula is C14H9N3. The van der Waals surface area contributed by atoms with Crippen LogP contribution in [0.1, 0.15) is 11.3 Å². The lowest BCUT2D eigenvalue weighted by Gasteiger charge is -2.06. The summed E-state index contributed by atoms with van der Waals surface area (Å²) in [6.07, 6.45) is 6.92. The summed E-state index contributed by atoms with van der Waals surface area (Å²) >= 11 is 0. The average Bonchev–Trinajstić information content (AvgIpc) is 2.39. The summed E-state index contributed by atoms with van der Waals surface area (Å²) in [7, 11) is 0. The van der Waals surface area contributed by atoms with E-state index in [-0.39, 0.29) is 0 Å². The van der Waals surface area contributed by atoms with Gasteiger partial charge in [0.2, 0.25) is 0 Å². The second-order valence-corrected chi connectivity index (χ2v) is 3.39. The van der Waals surface area contributed by atoms with Crippen LogP contribution in [0.3, 0.4) is 0 Å². The molecule has 3 heteroatoms. The van der Waals surface area contributed by atoms with Gasteiger partial charge in [-0.1, -0.05) is 12.0 Å². The van der Waals surface area contributed by atoms with Gasteiger partial charge in [0.25, 0.3) is 0 Å². The molecule has 0 atom stereocenters. The highest BCUT2D eigenvalue weighted by molar-refractivity contribution is 5.62. The number of benzene rings is 1. The number of anilines is 2. The fourth-order valence-corrected chi connectivity index (χ4v) is 1.42. The molecule has 0 aliphatic heterocycles. The summed E-state index contributed by atoms with van der Waals surface area (Å²) < 4.78 is 0. The van der Waals surface area contributed by atoms with E-state index in [4.69, 9.17) is 11.7 Å². The minimum atomic E-state index is 0.378. The molecule has 0 aliphatic rings. The lowest BCUT2D eigenvalue weighted by Crippen LogP contribution is -1.92. The predicted octanol–water partition coefficient (Wildman–Crippen LogP) is 2.68. The Bertz CT molecular complexity index is 562. The summed E-state index contributed by atoms with van der Waals surface area (Å²) in [5.41, 5.74) is 2.88. The van der Waals surface area contributed by atoms with Crippen LogP contribution >= 0.6 is 0 Å². The van der Waals surface area contributed by atoms with Crippen molar-refractivity contribution in [3.05, 3.63) is 53.9 Å². The van der Waals surface area contributed by atoms with Crippen LogP contribution < -0.4 is 5.32 Å². The first-order valence-electron chi connectivity index (χ1n) is 5.01. The Hall–Kier alpha value is -2.78. The standard InChI is InChI=1S/C14H9N3/c1-2-11-4-3-5-12(8-11)17-13-6-7-16-14(9-13)10-15/h1,3-9H,(H,16,17). The lowest BCUT2D eigenvalue weighted by molar-refractivity contribution is 1.26. The zero-order chi connectivity index (χ0) is 12.1. The molecule has 17 heavy (non-hydrogen) atoms. The van der Waals surface area contributed by atoms with Gasteiger partial charge < -0.3 is 5.32 Å². The number of nitrogens with zero attached hydrogens (tertiary/aromatic N) is 2. The van der Waals surface area contributed by atoms with E-state index in [1.807, 2.05) is 30.3 Å². The van der Waals surface area contributed by atoms with Gasteiger partial charge >= 0.3 is 0 Å². The van der Waals surface area contributed by atoms with Crippen molar-refractivity contribution in [3.8, 4) is 18.4 Å². The van der Waals surface area contributed by atoms with Crippen LogP contribution in [0, 0.1) is 23.7 Å². The van der Waals surface area contributed by atoms with Crippen molar-refractivity contribution in [1.29, 1.82) is 5.26 Å². The molecule has 1 heterocycles. The monoisotopic (exact) mass is 219 g/mol. The van der Waals surface area contributed by atoms with Crippen molar-refractivity contribution in [2.75, 3.05) is 5.32 Å². The van der Waals surface area contributed by atoms with Gasteiger partial charge in [0.1, 0.15) is 11.8 Å². The van der Waals surface area contributed by atoms with Crippen molar-refractivity contribution >= 4 is 11.4 Å². The third-order valence-corrected chi connectivity index (χ3v) is 2.19.